The van der Waals surface area contributed by atoms with Gasteiger partial charge in [0.1, 0.15) is 5.75 Å². The molecule has 4 rings (SSSR count). The summed E-state index contributed by atoms with van der Waals surface area (Å²) in [6.45, 7) is 6.01. The van der Waals surface area contributed by atoms with Gasteiger partial charge in [-0.05, 0) is 67.1 Å². The van der Waals surface area contributed by atoms with Crippen molar-refractivity contribution in [1.29, 1.82) is 0 Å². The lowest BCUT2D eigenvalue weighted by Crippen LogP contribution is -2.46. The number of halogens is 2. The summed E-state index contributed by atoms with van der Waals surface area (Å²) in [5, 5.41) is 1.56. The molecule has 144 valence electrons. The van der Waals surface area contributed by atoms with E-state index in [1.807, 2.05) is 18.2 Å². The van der Waals surface area contributed by atoms with Crippen molar-refractivity contribution in [2.75, 3.05) is 44.2 Å². The summed E-state index contributed by atoms with van der Waals surface area (Å²) in [6.07, 6.45) is 4.55. The number of hydrogen-bond acceptors (Lipinski definition) is 3. The fourth-order valence-electron chi connectivity index (χ4n) is 4.05. The summed E-state index contributed by atoms with van der Waals surface area (Å²) in [6, 6.07) is 12.4. The van der Waals surface area contributed by atoms with Crippen LogP contribution in [0, 0.1) is 0 Å². The van der Waals surface area contributed by atoms with E-state index >= 15 is 0 Å². The molecule has 1 heterocycles. The minimum Gasteiger partial charge on any atom is -0.492 e. The molecule has 0 saturated carbocycles. The van der Waals surface area contributed by atoms with E-state index in [4.69, 9.17) is 27.9 Å². The Morgan fingerprint density at radius 3 is 2.48 bits per heavy atom. The van der Waals surface area contributed by atoms with E-state index in [1.165, 1.54) is 23.2 Å². The predicted octanol–water partition coefficient (Wildman–Crippen LogP) is 5.07. The van der Waals surface area contributed by atoms with Gasteiger partial charge in [0.05, 0.1) is 11.6 Å². The molecule has 5 heteroatoms. The number of fused-ring (bicyclic) bond motifs is 1. The zero-order valence-corrected chi connectivity index (χ0v) is 17.1. The van der Waals surface area contributed by atoms with E-state index in [9.17, 15) is 0 Å². The minimum atomic E-state index is 0.715. The lowest BCUT2D eigenvalue weighted by Gasteiger charge is -2.36. The molecule has 0 radical (unpaired) electrons. The van der Waals surface area contributed by atoms with Gasteiger partial charge in [0.25, 0.3) is 0 Å². The third-order valence-electron chi connectivity index (χ3n) is 5.57. The Kier molecular flexibility index (Phi) is 6.11. The Balaban J connectivity index is 1.20. The van der Waals surface area contributed by atoms with Gasteiger partial charge in [-0.15, -0.1) is 0 Å². The summed E-state index contributed by atoms with van der Waals surface area (Å²) < 4.78 is 5.97. The normalized spacial score (nSPS) is 17.2. The Labute approximate surface area is 171 Å². The van der Waals surface area contributed by atoms with Crippen LogP contribution in [0.25, 0.3) is 0 Å². The van der Waals surface area contributed by atoms with Gasteiger partial charge < -0.3 is 9.64 Å². The van der Waals surface area contributed by atoms with Crippen LogP contribution in [-0.4, -0.2) is 44.2 Å². The van der Waals surface area contributed by atoms with Gasteiger partial charge in [0.15, 0.2) is 0 Å². The molecule has 27 heavy (non-hydrogen) atoms. The average molecular weight is 405 g/mol. The van der Waals surface area contributed by atoms with Crippen molar-refractivity contribution >= 4 is 28.9 Å². The van der Waals surface area contributed by atoms with E-state index in [0.29, 0.717) is 6.61 Å². The van der Waals surface area contributed by atoms with Crippen LogP contribution in [0.5, 0.6) is 5.75 Å². The van der Waals surface area contributed by atoms with Crippen molar-refractivity contribution in [3.8, 4) is 5.75 Å². The minimum absolute atomic E-state index is 0.715. The van der Waals surface area contributed by atoms with Crippen LogP contribution in [0.15, 0.2) is 36.4 Å². The predicted molar refractivity (Wildman–Crippen MR) is 114 cm³/mol. The summed E-state index contributed by atoms with van der Waals surface area (Å²) in [5.74, 6) is 0.850. The van der Waals surface area contributed by atoms with E-state index in [-0.39, 0.29) is 0 Å². The second-order valence-electron chi connectivity index (χ2n) is 7.42. The van der Waals surface area contributed by atoms with E-state index in [0.717, 1.165) is 67.8 Å². The molecule has 0 bridgehead atoms. The number of nitrogens with zero attached hydrogens (tertiary/aromatic N) is 2. The van der Waals surface area contributed by atoms with Gasteiger partial charge in [-0.1, -0.05) is 29.3 Å². The van der Waals surface area contributed by atoms with Gasteiger partial charge in [-0.25, -0.2) is 0 Å². The first-order valence-corrected chi connectivity index (χ1v) is 10.6. The van der Waals surface area contributed by atoms with E-state index in [1.54, 1.807) is 0 Å². The van der Waals surface area contributed by atoms with Crippen LogP contribution in [0.3, 0.4) is 0 Å². The molecule has 0 aromatic heterocycles. The Hall–Kier alpha value is -1.42. The summed E-state index contributed by atoms with van der Waals surface area (Å²) in [7, 11) is 0. The first-order chi connectivity index (χ1) is 13.2. The highest BCUT2D eigenvalue weighted by atomic mass is 35.5. The zero-order valence-electron chi connectivity index (χ0n) is 15.6. The number of ether oxygens (including phenoxy) is 1. The van der Waals surface area contributed by atoms with Crippen molar-refractivity contribution in [1.82, 2.24) is 4.90 Å². The highest BCUT2D eigenvalue weighted by Crippen LogP contribution is 2.33. The topological polar surface area (TPSA) is 15.7 Å². The third kappa shape index (κ3) is 4.71. The van der Waals surface area contributed by atoms with Crippen LogP contribution in [0.4, 0.5) is 5.69 Å². The molecule has 0 amide bonds. The fourth-order valence-corrected chi connectivity index (χ4v) is 4.48. The van der Waals surface area contributed by atoms with Crippen molar-refractivity contribution in [3.05, 3.63) is 57.6 Å². The molecule has 1 fully saturated rings. The Morgan fingerprint density at radius 1 is 0.926 bits per heavy atom. The SMILES string of the molecule is Clc1cccc(N2CCN(CCCOc3cc4c(cc3Cl)CCC4)CC2)c1. The first kappa shape index (κ1) is 18.9. The summed E-state index contributed by atoms with van der Waals surface area (Å²) >= 11 is 12.5. The van der Waals surface area contributed by atoms with Gasteiger partial charge in [0.2, 0.25) is 0 Å². The molecule has 1 aliphatic carbocycles. The second kappa shape index (κ2) is 8.72. The van der Waals surface area contributed by atoms with Gasteiger partial charge in [0, 0.05) is 43.4 Å². The molecule has 1 aliphatic heterocycles. The Bertz CT molecular complexity index is 788. The van der Waals surface area contributed by atoms with Crippen molar-refractivity contribution in [2.45, 2.75) is 25.7 Å². The number of hydrogen-bond donors (Lipinski definition) is 0. The van der Waals surface area contributed by atoms with Crippen LogP contribution >= 0.6 is 23.2 Å². The largest absolute Gasteiger partial charge is 0.492 e. The van der Waals surface area contributed by atoms with Crippen LogP contribution in [-0.2, 0) is 12.8 Å². The molecule has 0 N–H and O–H groups in total. The van der Waals surface area contributed by atoms with Crippen LogP contribution in [0.2, 0.25) is 10.0 Å². The maximum absolute atomic E-state index is 6.37. The summed E-state index contributed by atoms with van der Waals surface area (Å²) in [4.78, 5) is 4.91. The highest BCUT2D eigenvalue weighted by Gasteiger charge is 2.18. The second-order valence-corrected chi connectivity index (χ2v) is 8.26. The molecule has 2 aromatic carbocycles. The molecular formula is C22H26Cl2N2O. The molecule has 2 aliphatic rings. The average Bonchev–Trinajstić information content (AvgIpc) is 3.13. The third-order valence-corrected chi connectivity index (χ3v) is 6.10. The molecular weight excluding hydrogens is 379 g/mol. The lowest BCUT2D eigenvalue weighted by molar-refractivity contribution is 0.225. The van der Waals surface area contributed by atoms with Crippen molar-refractivity contribution in [3.63, 3.8) is 0 Å². The monoisotopic (exact) mass is 404 g/mol. The molecule has 0 spiro atoms. The van der Waals surface area contributed by atoms with Crippen molar-refractivity contribution in [2.24, 2.45) is 0 Å². The maximum Gasteiger partial charge on any atom is 0.138 e. The quantitative estimate of drug-likeness (QED) is 0.624. The first-order valence-electron chi connectivity index (χ1n) is 9.86. The Morgan fingerprint density at radius 2 is 1.70 bits per heavy atom. The van der Waals surface area contributed by atoms with Crippen LogP contribution < -0.4 is 9.64 Å². The molecule has 0 unspecified atom stereocenters. The van der Waals surface area contributed by atoms with Crippen LogP contribution in [0.1, 0.15) is 24.0 Å². The number of rotatable bonds is 6. The number of aryl methyl sites for hydroxylation is 2. The van der Waals surface area contributed by atoms with Gasteiger partial charge in [-0.3, -0.25) is 4.90 Å². The molecule has 0 atom stereocenters. The van der Waals surface area contributed by atoms with Crippen molar-refractivity contribution < 1.29 is 4.74 Å². The number of benzene rings is 2. The molecule has 2 aromatic rings. The standard InChI is InChI=1S/C22H26Cl2N2O/c23-19-6-2-7-20(16-19)26-11-9-25(10-12-26)8-3-13-27-22-15-18-5-1-4-17(18)14-21(22)24/h2,6-7,14-16H,1,3-5,8-13H2. The van der Waals surface area contributed by atoms with E-state index in [2.05, 4.69) is 28.0 Å². The number of piperazine rings is 1. The van der Waals surface area contributed by atoms with E-state index < -0.39 is 0 Å². The maximum atomic E-state index is 6.37. The summed E-state index contributed by atoms with van der Waals surface area (Å²) in [5.41, 5.74) is 4.02. The van der Waals surface area contributed by atoms with Gasteiger partial charge in [-0.2, -0.15) is 0 Å². The molecule has 1 saturated heterocycles. The highest BCUT2D eigenvalue weighted by molar-refractivity contribution is 6.32. The lowest BCUT2D eigenvalue weighted by atomic mass is 10.1. The number of anilines is 1. The fraction of sp³-hybridized carbons (Fsp3) is 0.455. The smallest absolute Gasteiger partial charge is 0.138 e. The zero-order chi connectivity index (χ0) is 18.6. The molecule has 3 nitrogen and oxygen atoms in total. The van der Waals surface area contributed by atoms with Gasteiger partial charge >= 0.3 is 0 Å².